The van der Waals surface area contributed by atoms with E-state index in [0.717, 1.165) is 10.4 Å². The molecule has 3 rings (SSSR count). The monoisotopic (exact) mass is 416 g/mol. The highest BCUT2D eigenvalue weighted by Gasteiger charge is 2.30. The Morgan fingerprint density at radius 3 is 2.45 bits per heavy atom. The number of esters is 1. The second-order valence-corrected chi connectivity index (χ2v) is 8.14. The fraction of sp³-hybridized carbons (Fsp3) is 0.381. The molecule has 2 aromatic rings. The summed E-state index contributed by atoms with van der Waals surface area (Å²) in [5, 5.41) is 3.28. The molecule has 0 radical (unpaired) electrons. The van der Waals surface area contributed by atoms with Crippen LogP contribution in [-0.2, 0) is 22.5 Å². The van der Waals surface area contributed by atoms with Gasteiger partial charge in [-0.05, 0) is 50.1 Å². The number of ether oxygens (including phenoxy) is 2. The summed E-state index contributed by atoms with van der Waals surface area (Å²) < 4.78 is 10.5. The predicted molar refractivity (Wildman–Crippen MR) is 111 cm³/mol. The maximum atomic E-state index is 12.7. The first-order chi connectivity index (χ1) is 13.8. The van der Waals surface area contributed by atoms with E-state index in [1.165, 1.54) is 25.4 Å². The smallest absolute Gasteiger partial charge is 0.341 e. The van der Waals surface area contributed by atoms with Gasteiger partial charge in [-0.25, -0.2) is 4.79 Å². The number of nitrogens with one attached hydrogen (secondary N) is 1. The molecule has 29 heavy (non-hydrogen) atoms. The normalized spacial score (nSPS) is 13.1. The Morgan fingerprint density at radius 2 is 1.86 bits per heavy atom. The summed E-state index contributed by atoms with van der Waals surface area (Å²) in [7, 11) is 1.32. The highest BCUT2D eigenvalue weighted by molar-refractivity contribution is 7.17. The van der Waals surface area contributed by atoms with Crippen LogP contribution < -0.4 is 10.1 Å². The number of fused-ring (bicyclic) bond motifs is 1. The summed E-state index contributed by atoms with van der Waals surface area (Å²) in [5.41, 5.74) is 1.67. The molecule has 2 amide bonds. The molecule has 1 aliphatic rings. The molecular weight excluding hydrogens is 392 g/mol. The van der Waals surface area contributed by atoms with Crippen LogP contribution in [0.2, 0.25) is 0 Å². The number of hydrogen-bond donors (Lipinski definition) is 1. The average Bonchev–Trinajstić information content (AvgIpc) is 3.04. The van der Waals surface area contributed by atoms with Crippen molar-refractivity contribution in [1.29, 1.82) is 0 Å². The summed E-state index contributed by atoms with van der Waals surface area (Å²) >= 11 is 1.31. The predicted octanol–water partition coefficient (Wildman–Crippen LogP) is 3.48. The van der Waals surface area contributed by atoms with E-state index < -0.39 is 5.97 Å². The van der Waals surface area contributed by atoms with Gasteiger partial charge in [0.1, 0.15) is 10.8 Å². The lowest BCUT2D eigenvalue weighted by Gasteiger charge is -2.25. The average molecular weight is 416 g/mol. The molecule has 0 fully saturated rings. The highest BCUT2D eigenvalue weighted by atomic mass is 32.1. The van der Waals surface area contributed by atoms with E-state index >= 15 is 0 Å². The van der Waals surface area contributed by atoms with Crippen molar-refractivity contribution in [1.82, 2.24) is 4.90 Å². The van der Waals surface area contributed by atoms with Crippen molar-refractivity contribution in [3.05, 3.63) is 45.8 Å². The Morgan fingerprint density at radius 1 is 1.17 bits per heavy atom. The van der Waals surface area contributed by atoms with E-state index in [-0.39, 0.29) is 17.9 Å². The minimum atomic E-state index is -0.491. The van der Waals surface area contributed by atoms with Crippen LogP contribution in [0.3, 0.4) is 0 Å². The molecule has 0 atom stereocenters. The van der Waals surface area contributed by atoms with Gasteiger partial charge >= 0.3 is 5.97 Å². The number of benzene rings is 1. The van der Waals surface area contributed by atoms with Crippen LogP contribution >= 0.6 is 11.3 Å². The summed E-state index contributed by atoms with van der Waals surface area (Å²) in [5.74, 6) is -0.149. The molecule has 0 aliphatic carbocycles. The van der Waals surface area contributed by atoms with Gasteiger partial charge in [0.05, 0.1) is 25.3 Å². The number of carbonyl (C=O) groups excluding carboxylic acids is 3. The molecule has 0 saturated carbocycles. The van der Waals surface area contributed by atoms with Crippen LogP contribution in [0.4, 0.5) is 5.00 Å². The molecule has 0 saturated heterocycles. The number of carbonyl (C=O) groups is 3. The first kappa shape index (κ1) is 20.9. The third kappa shape index (κ3) is 4.59. The minimum absolute atomic E-state index is 0.0158. The van der Waals surface area contributed by atoms with Gasteiger partial charge in [-0.15, -0.1) is 11.3 Å². The Labute approximate surface area is 173 Å². The number of hydrogen-bond acceptors (Lipinski definition) is 6. The van der Waals surface area contributed by atoms with Crippen molar-refractivity contribution in [2.75, 3.05) is 19.0 Å². The van der Waals surface area contributed by atoms with Crippen LogP contribution in [0.5, 0.6) is 5.75 Å². The van der Waals surface area contributed by atoms with Gasteiger partial charge in [-0.2, -0.15) is 0 Å². The Hall–Kier alpha value is -2.87. The van der Waals surface area contributed by atoms with Gasteiger partial charge in [-0.1, -0.05) is 0 Å². The molecule has 0 spiro atoms. The molecule has 1 aromatic carbocycles. The van der Waals surface area contributed by atoms with E-state index in [1.807, 2.05) is 13.8 Å². The highest BCUT2D eigenvalue weighted by Crippen LogP contribution is 2.38. The van der Waals surface area contributed by atoms with Crippen LogP contribution in [0.1, 0.15) is 51.9 Å². The van der Waals surface area contributed by atoms with Gasteiger partial charge in [0.15, 0.2) is 0 Å². The maximum Gasteiger partial charge on any atom is 0.341 e. The van der Waals surface area contributed by atoms with Crippen LogP contribution in [0, 0.1) is 0 Å². The molecule has 8 heteroatoms. The lowest BCUT2D eigenvalue weighted by Crippen LogP contribution is -2.33. The second-order valence-electron chi connectivity index (χ2n) is 7.04. The van der Waals surface area contributed by atoms with Crippen molar-refractivity contribution in [3.63, 3.8) is 0 Å². The molecule has 1 aliphatic heterocycles. The van der Waals surface area contributed by atoms with Gasteiger partial charge < -0.3 is 19.7 Å². The van der Waals surface area contributed by atoms with Gasteiger partial charge in [0.25, 0.3) is 5.91 Å². The van der Waals surface area contributed by atoms with Gasteiger partial charge in [0.2, 0.25) is 5.91 Å². The summed E-state index contributed by atoms with van der Waals surface area (Å²) in [6.45, 7) is 6.35. The van der Waals surface area contributed by atoms with Gasteiger partial charge in [0, 0.05) is 23.9 Å². The number of thiophene rings is 1. The molecule has 7 nitrogen and oxygen atoms in total. The third-order valence-corrected chi connectivity index (χ3v) is 5.74. The van der Waals surface area contributed by atoms with Crippen LogP contribution in [-0.4, -0.2) is 42.4 Å². The SMILES string of the molecule is COC(=O)c1c(NC(=O)c2ccc(OC(C)C)cc2)sc2c1CCN(C(C)=O)C2. The van der Waals surface area contributed by atoms with E-state index in [9.17, 15) is 14.4 Å². The number of amides is 2. The summed E-state index contributed by atoms with van der Waals surface area (Å²) in [6.07, 6.45) is 0.594. The number of rotatable bonds is 5. The minimum Gasteiger partial charge on any atom is -0.491 e. The molecule has 154 valence electrons. The number of methoxy groups -OCH3 is 1. The fourth-order valence-corrected chi connectivity index (χ4v) is 4.46. The van der Waals surface area contributed by atoms with E-state index in [4.69, 9.17) is 9.47 Å². The zero-order valence-corrected chi connectivity index (χ0v) is 17.7. The van der Waals surface area contributed by atoms with Crippen molar-refractivity contribution < 1.29 is 23.9 Å². The first-order valence-electron chi connectivity index (χ1n) is 9.36. The van der Waals surface area contributed by atoms with Crippen LogP contribution in [0.25, 0.3) is 0 Å². The number of nitrogens with zero attached hydrogens (tertiary/aromatic N) is 1. The summed E-state index contributed by atoms with van der Waals surface area (Å²) in [4.78, 5) is 39.4. The van der Waals surface area contributed by atoms with Crippen molar-refractivity contribution >= 4 is 34.1 Å². The number of anilines is 1. The zero-order valence-electron chi connectivity index (χ0n) is 16.9. The molecule has 2 heterocycles. The largest absolute Gasteiger partial charge is 0.491 e. The molecule has 0 unspecified atom stereocenters. The summed E-state index contributed by atoms with van der Waals surface area (Å²) in [6, 6.07) is 6.83. The standard InChI is InChI=1S/C21H24N2O5S/c1-12(2)28-15-7-5-14(6-8-15)19(25)22-20-18(21(26)27-4)16-9-10-23(13(3)24)11-17(16)29-20/h5-8,12H,9-11H2,1-4H3,(H,22,25). The third-order valence-electron chi connectivity index (χ3n) is 4.61. The molecule has 0 bridgehead atoms. The van der Waals surface area contributed by atoms with Crippen molar-refractivity contribution in [2.45, 2.75) is 39.8 Å². The van der Waals surface area contributed by atoms with E-state index in [0.29, 0.717) is 41.4 Å². The van der Waals surface area contributed by atoms with Crippen molar-refractivity contribution in [2.24, 2.45) is 0 Å². The van der Waals surface area contributed by atoms with E-state index in [2.05, 4.69) is 5.32 Å². The second kappa shape index (κ2) is 8.65. The topological polar surface area (TPSA) is 84.9 Å². The van der Waals surface area contributed by atoms with Crippen molar-refractivity contribution in [3.8, 4) is 5.75 Å². The van der Waals surface area contributed by atoms with E-state index in [1.54, 1.807) is 29.2 Å². The van der Waals surface area contributed by atoms with Crippen LogP contribution in [0.15, 0.2) is 24.3 Å². The molecule has 1 N–H and O–H groups in total. The fourth-order valence-electron chi connectivity index (χ4n) is 3.21. The first-order valence-corrected chi connectivity index (χ1v) is 10.2. The quantitative estimate of drug-likeness (QED) is 0.755. The molecule has 1 aromatic heterocycles. The Bertz CT molecular complexity index is 933. The Balaban J connectivity index is 1.85. The molecular formula is C21H24N2O5S. The lowest BCUT2D eigenvalue weighted by molar-refractivity contribution is -0.129. The van der Waals surface area contributed by atoms with Gasteiger partial charge in [-0.3, -0.25) is 9.59 Å². The lowest BCUT2D eigenvalue weighted by atomic mass is 10.0. The zero-order chi connectivity index (χ0) is 21.1. The maximum absolute atomic E-state index is 12.7. The Kier molecular flexibility index (Phi) is 6.22.